The van der Waals surface area contributed by atoms with Gasteiger partial charge in [-0.3, -0.25) is 0 Å². The minimum Gasteiger partial charge on any atom is -0.480 e. The normalized spacial score (nSPS) is 14.8. The average Bonchev–Trinajstić information content (AvgIpc) is 2.31. The summed E-state index contributed by atoms with van der Waals surface area (Å²) < 4.78 is -2.85. The summed E-state index contributed by atoms with van der Waals surface area (Å²) in [5.74, 6) is -3.60. The Morgan fingerprint density at radius 2 is 1.53 bits per heavy atom. The second kappa shape index (κ2) is 5.54. The van der Waals surface area contributed by atoms with Gasteiger partial charge in [-0.25, -0.2) is 9.59 Å². The Bertz CT molecular complexity index is 545. The number of hydrogen-bond donors (Lipinski definition) is 2. The van der Waals surface area contributed by atoms with Crippen molar-refractivity contribution >= 4 is 69.9 Å². The zero-order chi connectivity index (χ0) is 15.0. The van der Waals surface area contributed by atoms with E-state index in [2.05, 4.69) is 0 Å². The van der Waals surface area contributed by atoms with Gasteiger partial charge in [-0.15, -0.1) is 0 Å². The summed E-state index contributed by atoms with van der Waals surface area (Å²) in [7, 11) is 0. The predicted octanol–water partition coefficient (Wildman–Crippen LogP) is 3.77. The lowest BCUT2D eigenvalue weighted by Gasteiger charge is -2.32. The van der Waals surface area contributed by atoms with Crippen LogP contribution in [0.5, 0.6) is 0 Å². The summed E-state index contributed by atoms with van der Waals surface area (Å²) >= 11 is 28.6. The predicted molar refractivity (Wildman–Crippen MR) is 73.7 cm³/mol. The maximum absolute atomic E-state index is 11.4. The molecule has 1 aromatic carbocycles. The van der Waals surface area contributed by atoms with Gasteiger partial charge in [-0.1, -0.05) is 70.1 Å². The Balaban J connectivity index is 3.66. The molecule has 0 aliphatic carbocycles. The van der Waals surface area contributed by atoms with Crippen LogP contribution >= 0.6 is 58.0 Å². The Morgan fingerprint density at radius 3 is 1.95 bits per heavy atom. The molecule has 0 saturated carbocycles. The highest BCUT2D eigenvalue weighted by atomic mass is 35.5. The Hall–Kier alpha value is -0.390. The van der Waals surface area contributed by atoms with E-state index in [1.54, 1.807) is 0 Å². The molecule has 1 atom stereocenters. The molecule has 104 valence electrons. The first kappa shape index (κ1) is 16.7. The second-order valence-electron chi connectivity index (χ2n) is 3.44. The summed E-state index contributed by atoms with van der Waals surface area (Å²) in [6.45, 7) is 0. The van der Waals surface area contributed by atoms with E-state index in [0.717, 1.165) is 0 Å². The van der Waals surface area contributed by atoms with Gasteiger partial charge in [0.2, 0.25) is 9.21 Å². The van der Waals surface area contributed by atoms with Crippen LogP contribution in [0, 0.1) is 0 Å². The molecule has 1 rings (SSSR count). The van der Waals surface area contributed by atoms with Gasteiger partial charge in [-0.05, 0) is 6.07 Å². The van der Waals surface area contributed by atoms with E-state index < -0.39 is 21.1 Å². The minimum atomic E-state index is -2.85. The van der Waals surface area contributed by atoms with Crippen molar-refractivity contribution in [1.29, 1.82) is 0 Å². The number of carboxylic acids is 2. The maximum Gasteiger partial charge on any atom is 0.343 e. The SMILES string of the molecule is O=C(O)C(Cl)(Cl)C(Cl)(C(=O)O)c1cccc(Cl)c1Cl. The summed E-state index contributed by atoms with van der Waals surface area (Å²) in [6.07, 6.45) is 0. The third-order valence-corrected chi connectivity index (χ3v) is 4.87. The average molecular weight is 366 g/mol. The van der Waals surface area contributed by atoms with Crippen LogP contribution in [0.2, 0.25) is 10.0 Å². The molecule has 0 amide bonds. The Kier molecular flexibility index (Phi) is 4.86. The van der Waals surface area contributed by atoms with Crippen LogP contribution in [0.3, 0.4) is 0 Å². The zero-order valence-corrected chi connectivity index (χ0v) is 12.6. The van der Waals surface area contributed by atoms with Crippen LogP contribution in [0.15, 0.2) is 18.2 Å². The van der Waals surface area contributed by atoms with Gasteiger partial charge in [0.15, 0.2) is 0 Å². The third-order valence-electron chi connectivity index (χ3n) is 2.32. The first-order chi connectivity index (χ1) is 8.56. The van der Waals surface area contributed by atoms with Gasteiger partial charge in [0.1, 0.15) is 0 Å². The molecule has 0 radical (unpaired) electrons. The molecule has 2 N–H and O–H groups in total. The van der Waals surface area contributed by atoms with Crippen LogP contribution in [-0.4, -0.2) is 26.5 Å². The highest BCUT2D eigenvalue weighted by molar-refractivity contribution is 6.64. The summed E-state index contributed by atoms with van der Waals surface area (Å²) in [5, 5.41) is 17.9. The number of aliphatic carboxylic acids is 2. The summed E-state index contributed by atoms with van der Waals surface area (Å²) in [4.78, 5) is 19.7. The minimum absolute atomic E-state index is 0.0139. The van der Waals surface area contributed by atoms with Crippen molar-refractivity contribution in [3.05, 3.63) is 33.8 Å². The van der Waals surface area contributed by atoms with E-state index in [9.17, 15) is 14.7 Å². The molecule has 0 saturated heterocycles. The molecule has 1 unspecified atom stereocenters. The monoisotopic (exact) mass is 364 g/mol. The van der Waals surface area contributed by atoms with E-state index in [1.165, 1.54) is 18.2 Å². The maximum atomic E-state index is 11.4. The van der Waals surface area contributed by atoms with Crippen LogP contribution < -0.4 is 0 Å². The number of carboxylic acid groups (broad SMARTS) is 2. The van der Waals surface area contributed by atoms with Crippen molar-refractivity contribution in [3.63, 3.8) is 0 Å². The Morgan fingerprint density at radius 1 is 1.00 bits per heavy atom. The lowest BCUT2D eigenvalue weighted by Crippen LogP contribution is -2.50. The van der Waals surface area contributed by atoms with E-state index in [-0.39, 0.29) is 15.6 Å². The number of benzene rings is 1. The fourth-order valence-electron chi connectivity index (χ4n) is 1.34. The van der Waals surface area contributed by atoms with Gasteiger partial charge in [0.05, 0.1) is 10.0 Å². The lowest BCUT2D eigenvalue weighted by atomic mass is 9.93. The largest absolute Gasteiger partial charge is 0.480 e. The van der Waals surface area contributed by atoms with Crippen LogP contribution in [-0.2, 0) is 14.5 Å². The van der Waals surface area contributed by atoms with Crippen molar-refractivity contribution in [3.8, 4) is 0 Å². The number of halogens is 5. The van der Waals surface area contributed by atoms with E-state index in [4.69, 9.17) is 63.1 Å². The highest BCUT2D eigenvalue weighted by Gasteiger charge is 2.62. The summed E-state index contributed by atoms with van der Waals surface area (Å²) in [6, 6.07) is 3.89. The molecule has 0 bridgehead atoms. The molecule has 4 nitrogen and oxygen atoms in total. The van der Waals surface area contributed by atoms with Crippen LogP contribution in [0.1, 0.15) is 5.56 Å². The topological polar surface area (TPSA) is 74.6 Å². The van der Waals surface area contributed by atoms with Gasteiger partial charge in [0.25, 0.3) is 0 Å². The fourth-order valence-corrected chi connectivity index (χ4v) is 2.43. The number of carbonyl (C=O) groups is 2. The molecular formula is C10H5Cl5O4. The van der Waals surface area contributed by atoms with Gasteiger partial charge in [0, 0.05) is 5.56 Å². The molecule has 0 fully saturated rings. The molecule has 0 aliphatic heterocycles. The van der Waals surface area contributed by atoms with Crippen molar-refractivity contribution in [2.75, 3.05) is 0 Å². The number of rotatable bonds is 4. The quantitative estimate of drug-likeness (QED) is 0.796. The van der Waals surface area contributed by atoms with Crippen molar-refractivity contribution in [1.82, 2.24) is 0 Å². The number of hydrogen-bond acceptors (Lipinski definition) is 2. The molecule has 0 aliphatic rings. The lowest BCUT2D eigenvalue weighted by molar-refractivity contribution is -0.147. The second-order valence-corrected chi connectivity index (χ2v) is 6.12. The van der Waals surface area contributed by atoms with Gasteiger partial charge < -0.3 is 10.2 Å². The van der Waals surface area contributed by atoms with Crippen LogP contribution in [0.25, 0.3) is 0 Å². The molecule has 0 spiro atoms. The van der Waals surface area contributed by atoms with Crippen molar-refractivity contribution in [2.45, 2.75) is 9.21 Å². The van der Waals surface area contributed by atoms with Crippen LogP contribution in [0.4, 0.5) is 0 Å². The molecule has 0 aromatic heterocycles. The molecule has 9 heteroatoms. The third kappa shape index (κ3) is 2.60. The van der Waals surface area contributed by atoms with E-state index >= 15 is 0 Å². The molecule has 19 heavy (non-hydrogen) atoms. The zero-order valence-electron chi connectivity index (χ0n) is 8.83. The molecular weight excluding hydrogens is 361 g/mol. The van der Waals surface area contributed by atoms with Gasteiger partial charge in [-0.2, -0.15) is 0 Å². The standard InChI is InChI=1S/C10H5Cl5O4/c11-5-3-1-2-4(6(5)12)9(13,7(16)17)10(14,15)8(18)19/h1-3H,(H,16,17)(H,18,19). The molecule has 1 aromatic rings. The van der Waals surface area contributed by atoms with Crippen molar-refractivity contribution < 1.29 is 19.8 Å². The number of alkyl halides is 3. The summed E-state index contributed by atoms with van der Waals surface area (Å²) in [5.41, 5.74) is -0.316. The smallest absolute Gasteiger partial charge is 0.343 e. The first-order valence-electron chi connectivity index (χ1n) is 4.54. The van der Waals surface area contributed by atoms with E-state index in [1.807, 2.05) is 0 Å². The van der Waals surface area contributed by atoms with Gasteiger partial charge >= 0.3 is 11.9 Å². The highest BCUT2D eigenvalue weighted by Crippen LogP contribution is 2.50. The van der Waals surface area contributed by atoms with E-state index in [0.29, 0.717) is 0 Å². The first-order valence-corrected chi connectivity index (χ1v) is 6.43. The van der Waals surface area contributed by atoms with Crippen molar-refractivity contribution in [2.24, 2.45) is 0 Å². The molecule has 0 heterocycles. The fraction of sp³-hybridized carbons (Fsp3) is 0.200. The Labute approximate surface area is 132 Å².